The standard InChI is InChI=1S/C29H58N2O5Si/c1-13-14-18-30-27(33)24(9)26(31-28(34)36-29(10,11)12)25(32)16-15-23(8)17-19-35-37(20(2)3,21(4)5)22(6)7/h20-23,25-26,32H,9,13-19H2,1-8,10-12H3,(H,30,33)(H,31,34)/t23-,25+,26+/m1/s1. The Bertz CT molecular complexity index is 681. The van der Waals surface area contributed by atoms with Gasteiger partial charge in [-0.15, -0.1) is 0 Å². The smallest absolute Gasteiger partial charge is 0.408 e. The summed E-state index contributed by atoms with van der Waals surface area (Å²) in [5, 5.41) is 16.5. The molecular weight excluding hydrogens is 484 g/mol. The van der Waals surface area contributed by atoms with Crippen molar-refractivity contribution in [2.24, 2.45) is 5.92 Å². The Morgan fingerprint density at radius 3 is 1.95 bits per heavy atom. The van der Waals surface area contributed by atoms with Gasteiger partial charge >= 0.3 is 6.09 Å². The average Bonchev–Trinajstić information content (AvgIpc) is 2.76. The quantitative estimate of drug-likeness (QED) is 0.108. The molecular formula is C29H58N2O5Si. The van der Waals surface area contributed by atoms with Crippen LogP contribution in [0.1, 0.15) is 108 Å². The van der Waals surface area contributed by atoms with E-state index >= 15 is 0 Å². The topological polar surface area (TPSA) is 96.9 Å². The van der Waals surface area contributed by atoms with Gasteiger partial charge in [0.05, 0.1) is 12.1 Å². The molecule has 0 radical (unpaired) electrons. The molecule has 0 spiro atoms. The van der Waals surface area contributed by atoms with Crippen LogP contribution in [0.5, 0.6) is 0 Å². The highest BCUT2D eigenvalue weighted by atomic mass is 28.4. The van der Waals surface area contributed by atoms with Crippen molar-refractivity contribution in [2.75, 3.05) is 13.2 Å². The molecule has 0 aromatic carbocycles. The number of ether oxygens (including phenoxy) is 1. The predicted molar refractivity (Wildman–Crippen MR) is 156 cm³/mol. The number of rotatable bonds is 17. The third-order valence-corrected chi connectivity index (χ3v) is 13.3. The maximum Gasteiger partial charge on any atom is 0.408 e. The number of hydrogen-bond acceptors (Lipinski definition) is 5. The second kappa shape index (κ2) is 16.6. The predicted octanol–water partition coefficient (Wildman–Crippen LogP) is 6.71. The molecule has 0 saturated heterocycles. The van der Waals surface area contributed by atoms with E-state index < -0.39 is 32.2 Å². The van der Waals surface area contributed by atoms with Crippen molar-refractivity contribution in [3.8, 4) is 0 Å². The third-order valence-electron chi connectivity index (χ3n) is 7.17. The van der Waals surface area contributed by atoms with Gasteiger partial charge in [-0.05, 0) is 69.0 Å². The van der Waals surface area contributed by atoms with Crippen molar-refractivity contribution in [3.05, 3.63) is 12.2 Å². The maximum absolute atomic E-state index is 12.6. The minimum Gasteiger partial charge on any atom is -0.444 e. The fourth-order valence-corrected chi connectivity index (χ4v) is 10.7. The summed E-state index contributed by atoms with van der Waals surface area (Å²) in [6.45, 7) is 28.4. The van der Waals surface area contributed by atoms with Crippen LogP contribution in [0.25, 0.3) is 0 Å². The zero-order valence-electron chi connectivity index (χ0n) is 25.7. The van der Waals surface area contributed by atoms with Crippen LogP contribution in [0.3, 0.4) is 0 Å². The molecule has 0 aromatic rings. The molecule has 0 aliphatic carbocycles. The number of amides is 2. The molecule has 0 aromatic heterocycles. The largest absolute Gasteiger partial charge is 0.444 e. The lowest BCUT2D eigenvalue weighted by atomic mass is 9.93. The summed E-state index contributed by atoms with van der Waals surface area (Å²) in [5.41, 5.74) is 1.06. The fourth-order valence-electron chi connectivity index (χ4n) is 5.19. The number of carbonyl (C=O) groups is 2. The van der Waals surface area contributed by atoms with E-state index in [0.717, 1.165) is 25.7 Å². The van der Waals surface area contributed by atoms with E-state index in [1.54, 1.807) is 20.8 Å². The van der Waals surface area contributed by atoms with E-state index in [9.17, 15) is 14.7 Å². The van der Waals surface area contributed by atoms with Crippen molar-refractivity contribution in [1.29, 1.82) is 0 Å². The second-order valence-corrected chi connectivity index (χ2v) is 17.9. The first-order valence-electron chi connectivity index (χ1n) is 14.3. The molecule has 0 heterocycles. The summed E-state index contributed by atoms with van der Waals surface area (Å²) < 4.78 is 12.1. The monoisotopic (exact) mass is 542 g/mol. The van der Waals surface area contributed by atoms with Crippen molar-refractivity contribution in [3.63, 3.8) is 0 Å². The summed E-state index contributed by atoms with van der Waals surface area (Å²) in [6.07, 6.45) is 2.21. The highest BCUT2D eigenvalue weighted by Crippen LogP contribution is 2.42. The van der Waals surface area contributed by atoms with Crippen LogP contribution in [0.15, 0.2) is 12.2 Å². The first kappa shape index (κ1) is 35.6. The molecule has 3 N–H and O–H groups in total. The Kier molecular flexibility index (Phi) is 15.9. The second-order valence-electron chi connectivity index (χ2n) is 12.5. The molecule has 2 amide bonds. The number of carbonyl (C=O) groups excluding carboxylic acids is 2. The Labute approximate surface area is 228 Å². The van der Waals surface area contributed by atoms with Crippen LogP contribution in [0, 0.1) is 5.92 Å². The van der Waals surface area contributed by atoms with Crippen molar-refractivity contribution >= 4 is 20.3 Å². The average molecular weight is 543 g/mol. The van der Waals surface area contributed by atoms with Gasteiger partial charge in [0.15, 0.2) is 8.32 Å². The van der Waals surface area contributed by atoms with Gasteiger partial charge in [-0.25, -0.2) is 4.79 Å². The first-order valence-corrected chi connectivity index (χ1v) is 16.4. The highest BCUT2D eigenvalue weighted by molar-refractivity contribution is 6.77. The van der Waals surface area contributed by atoms with Gasteiger partial charge in [0.1, 0.15) is 5.60 Å². The van der Waals surface area contributed by atoms with Crippen molar-refractivity contribution in [1.82, 2.24) is 10.6 Å². The zero-order chi connectivity index (χ0) is 29.0. The van der Waals surface area contributed by atoms with Crippen molar-refractivity contribution in [2.45, 2.75) is 143 Å². The van der Waals surface area contributed by atoms with Gasteiger partial charge in [0, 0.05) is 18.7 Å². The number of nitrogens with one attached hydrogen (secondary N) is 2. The molecule has 0 saturated carbocycles. The molecule has 8 heteroatoms. The molecule has 3 atom stereocenters. The fraction of sp³-hybridized carbons (Fsp3) is 0.862. The van der Waals surface area contributed by atoms with E-state index in [2.05, 4.69) is 65.7 Å². The van der Waals surface area contributed by atoms with Crippen LogP contribution in [-0.2, 0) is 14.0 Å². The summed E-state index contributed by atoms with van der Waals surface area (Å²) in [6, 6.07) is -0.928. The lowest BCUT2D eigenvalue weighted by Crippen LogP contribution is -2.49. The minimum atomic E-state index is -1.90. The summed E-state index contributed by atoms with van der Waals surface area (Å²) in [5.74, 6) is -0.0472. The Balaban J connectivity index is 5.20. The molecule has 0 fully saturated rings. The Morgan fingerprint density at radius 2 is 1.49 bits per heavy atom. The normalized spacial score (nSPS) is 15.0. The third kappa shape index (κ3) is 12.3. The lowest BCUT2D eigenvalue weighted by molar-refractivity contribution is -0.118. The van der Waals surface area contributed by atoms with Gasteiger partial charge in [0.25, 0.3) is 0 Å². The van der Waals surface area contributed by atoms with Gasteiger partial charge < -0.3 is 24.9 Å². The van der Waals surface area contributed by atoms with Crippen LogP contribution in [0.2, 0.25) is 16.6 Å². The molecule has 218 valence electrons. The molecule has 0 aliphatic heterocycles. The number of unbranched alkanes of at least 4 members (excludes halogenated alkanes) is 1. The molecule has 7 nitrogen and oxygen atoms in total. The van der Waals surface area contributed by atoms with Crippen LogP contribution in [-0.4, -0.2) is 56.3 Å². The van der Waals surface area contributed by atoms with E-state index in [0.29, 0.717) is 42.1 Å². The van der Waals surface area contributed by atoms with Gasteiger partial charge in [0.2, 0.25) is 5.91 Å². The maximum atomic E-state index is 12.6. The van der Waals surface area contributed by atoms with Crippen LogP contribution >= 0.6 is 0 Å². The molecule has 0 aliphatic rings. The molecule has 0 bridgehead atoms. The number of aliphatic hydroxyl groups excluding tert-OH is 1. The van der Waals surface area contributed by atoms with E-state index in [1.165, 1.54) is 0 Å². The van der Waals surface area contributed by atoms with Gasteiger partial charge in [-0.1, -0.05) is 68.4 Å². The summed E-state index contributed by atoms with van der Waals surface area (Å²) in [7, 11) is -1.90. The van der Waals surface area contributed by atoms with E-state index in [-0.39, 0.29) is 11.5 Å². The number of aliphatic hydroxyl groups is 1. The lowest BCUT2D eigenvalue weighted by Gasteiger charge is -2.42. The minimum absolute atomic E-state index is 0.132. The van der Waals surface area contributed by atoms with E-state index in [4.69, 9.17) is 9.16 Å². The first-order chi connectivity index (χ1) is 17.0. The summed E-state index contributed by atoms with van der Waals surface area (Å²) >= 11 is 0. The summed E-state index contributed by atoms with van der Waals surface area (Å²) in [4.78, 5) is 25.1. The van der Waals surface area contributed by atoms with Crippen molar-refractivity contribution < 1.29 is 23.9 Å². The SMILES string of the molecule is C=C(C(=O)NCCCC)[C@H](NC(=O)OC(C)(C)C)[C@@H](O)CC[C@@H](C)CCO[Si](C(C)C)(C(C)C)C(C)C. The number of alkyl carbamates (subject to hydrolysis) is 1. The van der Waals surface area contributed by atoms with E-state index in [1.807, 2.05) is 6.92 Å². The highest BCUT2D eigenvalue weighted by Gasteiger charge is 2.44. The Morgan fingerprint density at radius 1 is 0.946 bits per heavy atom. The molecule has 0 unspecified atom stereocenters. The molecule has 37 heavy (non-hydrogen) atoms. The van der Waals surface area contributed by atoms with Gasteiger partial charge in [-0.2, -0.15) is 0 Å². The zero-order valence-corrected chi connectivity index (χ0v) is 26.7. The van der Waals surface area contributed by atoms with Gasteiger partial charge in [-0.3, -0.25) is 4.79 Å². The number of hydrogen-bond donors (Lipinski definition) is 3. The Hall–Kier alpha value is -1.38. The molecule has 0 rings (SSSR count). The van der Waals surface area contributed by atoms with Crippen LogP contribution in [0.4, 0.5) is 4.79 Å². The van der Waals surface area contributed by atoms with Crippen LogP contribution < -0.4 is 10.6 Å².